The van der Waals surface area contributed by atoms with Gasteiger partial charge in [-0.15, -0.1) is 0 Å². The van der Waals surface area contributed by atoms with Gasteiger partial charge in [-0.1, -0.05) is 58.1 Å². The Labute approximate surface area is 115 Å². The Morgan fingerprint density at radius 2 is 1.63 bits per heavy atom. The van der Waals surface area contributed by atoms with Crippen molar-refractivity contribution in [3.05, 3.63) is 12.2 Å². The molecule has 0 saturated heterocycles. The third kappa shape index (κ3) is 7.65. The van der Waals surface area contributed by atoms with E-state index in [1.54, 1.807) is 6.08 Å². The van der Waals surface area contributed by atoms with Gasteiger partial charge in [-0.05, 0) is 12.8 Å². The lowest BCUT2D eigenvalue weighted by atomic mass is 9.84. The molecule has 0 radical (unpaired) electrons. The van der Waals surface area contributed by atoms with Crippen molar-refractivity contribution < 1.29 is 19.8 Å². The summed E-state index contributed by atoms with van der Waals surface area (Å²) >= 11 is 0. The molecule has 0 amide bonds. The molecule has 4 heteroatoms. The number of rotatable bonds is 6. The molecule has 19 heavy (non-hydrogen) atoms. The molecule has 0 aromatic rings. The summed E-state index contributed by atoms with van der Waals surface area (Å²) in [5, 5.41) is 17.3. The minimum absolute atomic E-state index is 0.419. The summed E-state index contributed by atoms with van der Waals surface area (Å²) in [4.78, 5) is 21.1. The summed E-state index contributed by atoms with van der Waals surface area (Å²) in [6.07, 6.45) is 11.3. The van der Waals surface area contributed by atoms with E-state index >= 15 is 0 Å². The molecule has 2 unspecified atom stereocenters. The molecule has 4 nitrogen and oxygen atoms in total. The molecule has 0 spiro atoms. The predicted octanol–water partition coefficient (Wildman–Crippen LogP) is 3.71. The molecule has 0 bridgehead atoms. The van der Waals surface area contributed by atoms with E-state index in [-0.39, 0.29) is 0 Å². The number of aliphatic carboxylic acids is 2. The van der Waals surface area contributed by atoms with Crippen LogP contribution in [0.4, 0.5) is 0 Å². The van der Waals surface area contributed by atoms with Gasteiger partial charge in [0, 0.05) is 0 Å². The van der Waals surface area contributed by atoms with E-state index < -0.39 is 23.8 Å². The Balaban J connectivity index is 0.000000399. The smallest absolute Gasteiger partial charge is 0.311 e. The first kappa shape index (κ1) is 17.7. The maximum atomic E-state index is 10.6. The average Bonchev–Trinajstić information content (AvgIpc) is 2.40. The molecule has 1 aliphatic rings. The van der Waals surface area contributed by atoms with Gasteiger partial charge in [0.15, 0.2) is 0 Å². The van der Waals surface area contributed by atoms with Crippen molar-refractivity contribution in [2.75, 3.05) is 0 Å². The zero-order valence-corrected chi connectivity index (χ0v) is 12.0. The highest BCUT2D eigenvalue weighted by molar-refractivity contribution is 5.81. The second kappa shape index (κ2) is 10.6. The first-order chi connectivity index (χ1) is 9.04. The van der Waals surface area contributed by atoms with Gasteiger partial charge in [0.25, 0.3) is 0 Å². The minimum atomic E-state index is -1.06. The second-order valence-corrected chi connectivity index (χ2v) is 4.87. The molecule has 0 aliphatic heterocycles. The Morgan fingerprint density at radius 1 is 1.05 bits per heavy atom. The van der Waals surface area contributed by atoms with Crippen molar-refractivity contribution >= 4 is 11.9 Å². The number of unbranched alkanes of at least 4 members (excludes halogenated alkanes) is 4. The fraction of sp³-hybridized carbons (Fsp3) is 0.733. The van der Waals surface area contributed by atoms with Gasteiger partial charge in [0.2, 0.25) is 0 Å². The Hall–Kier alpha value is -1.32. The van der Waals surface area contributed by atoms with Crippen LogP contribution in [0.15, 0.2) is 12.2 Å². The molecule has 1 aliphatic carbocycles. The maximum Gasteiger partial charge on any atom is 0.311 e. The monoisotopic (exact) mass is 270 g/mol. The maximum absolute atomic E-state index is 10.6. The van der Waals surface area contributed by atoms with Crippen molar-refractivity contribution in [3.8, 4) is 0 Å². The van der Waals surface area contributed by atoms with E-state index in [2.05, 4.69) is 13.8 Å². The van der Waals surface area contributed by atoms with Crippen LogP contribution in [0.25, 0.3) is 0 Å². The Morgan fingerprint density at radius 3 is 2.00 bits per heavy atom. The molecule has 1 rings (SSSR count). The molecule has 0 heterocycles. The van der Waals surface area contributed by atoms with E-state index in [9.17, 15) is 9.59 Å². The predicted molar refractivity (Wildman–Crippen MR) is 75.1 cm³/mol. The average molecular weight is 270 g/mol. The van der Waals surface area contributed by atoms with E-state index in [1.807, 2.05) is 0 Å². The van der Waals surface area contributed by atoms with Crippen molar-refractivity contribution in [3.63, 3.8) is 0 Å². The van der Waals surface area contributed by atoms with Crippen LogP contribution in [-0.2, 0) is 9.59 Å². The Bertz CT molecular complexity index is 293. The van der Waals surface area contributed by atoms with Gasteiger partial charge in [-0.3, -0.25) is 9.59 Å². The van der Waals surface area contributed by atoms with E-state index in [0.29, 0.717) is 12.8 Å². The molecule has 0 fully saturated rings. The van der Waals surface area contributed by atoms with Gasteiger partial charge < -0.3 is 10.2 Å². The standard InChI is InChI=1S/C8H10O4.C7H16/c9-7(10)5-3-1-2-4-6(5)8(11)12;1-3-5-7-6-4-2/h1,3,5-6H,2,4H2,(H,9,10)(H,11,12);3-7H2,1-2H3. The molecule has 2 atom stereocenters. The molecule has 0 saturated carbocycles. The zero-order valence-electron chi connectivity index (χ0n) is 12.0. The van der Waals surface area contributed by atoms with Gasteiger partial charge >= 0.3 is 11.9 Å². The summed E-state index contributed by atoms with van der Waals surface area (Å²) < 4.78 is 0. The number of allylic oxidation sites excluding steroid dienone is 1. The lowest BCUT2D eigenvalue weighted by Gasteiger charge is -2.19. The van der Waals surface area contributed by atoms with Crippen LogP contribution < -0.4 is 0 Å². The summed E-state index contributed by atoms with van der Waals surface area (Å²) in [5.74, 6) is -3.69. The largest absolute Gasteiger partial charge is 0.481 e. The van der Waals surface area contributed by atoms with Crippen molar-refractivity contribution in [1.82, 2.24) is 0 Å². The number of carbonyl (C=O) groups is 2. The lowest BCUT2D eigenvalue weighted by Crippen LogP contribution is -2.30. The number of hydrogen-bond acceptors (Lipinski definition) is 2. The van der Waals surface area contributed by atoms with Crippen LogP contribution in [0.2, 0.25) is 0 Å². The number of carboxylic acids is 2. The SMILES string of the molecule is CCCCCCC.O=C(O)C1C=CCCC1C(=O)O. The van der Waals surface area contributed by atoms with Gasteiger partial charge in [-0.2, -0.15) is 0 Å². The van der Waals surface area contributed by atoms with Crippen LogP contribution in [0.1, 0.15) is 58.8 Å². The van der Waals surface area contributed by atoms with E-state index in [4.69, 9.17) is 10.2 Å². The first-order valence-corrected chi connectivity index (χ1v) is 7.16. The quantitative estimate of drug-likeness (QED) is 0.570. The van der Waals surface area contributed by atoms with Gasteiger partial charge in [0.05, 0.1) is 11.8 Å². The first-order valence-electron chi connectivity index (χ1n) is 7.16. The van der Waals surface area contributed by atoms with Crippen LogP contribution >= 0.6 is 0 Å². The fourth-order valence-corrected chi connectivity index (χ4v) is 2.04. The van der Waals surface area contributed by atoms with Crippen LogP contribution in [0.5, 0.6) is 0 Å². The highest BCUT2D eigenvalue weighted by Gasteiger charge is 2.32. The molecular formula is C15H26O4. The highest BCUT2D eigenvalue weighted by Crippen LogP contribution is 2.24. The second-order valence-electron chi connectivity index (χ2n) is 4.87. The van der Waals surface area contributed by atoms with Gasteiger partial charge in [-0.25, -0.2) is 0 Å². The van der Waals surface area contributed by atoms with Crippen LogP contribution in [0.3, 0.4) is 0 Å². The van der Waals surface area contributed by atoms with Crippen molar-refractivity contribution in [1.29, 1.82) is 0 Å². The zero-order chi connectivity index (χ0) is 14.7. The summed E-state index contributed by atoms with van der Waals surface area (Å²) in [6.45, 7) is 4.49. The van der Waals surface area contributed by atoms with Crippen molar-refractivity contribution in [2.45, 2.75) is 58.8 Å². The fourth-order valence-electron chi connectivity index (χ4n) is 2.04. The normalized spacial score (nSPS) is 21.4. The molecule has 0 aromatic carbocycles. The van der Waals surface area contributed by atoms with Crippen LogP contribution in [0, 0.1) is 11.8 Å². The number of hydrogen-bond donors (Lipinski definition) is 2. The van der Waals surface area contributed by atoms with Crippen molar-refractivity contribution in [2.24, 2.45) is 11.8 Å². The molecule has 110 valence electrons. The topological polar surface area (TPSA) is 74.6 Å². The lowest BCUT2D eigenvalue weighted by molar-refractivity contribution is -0.152. The van der Waals surface area contributed by atoms with Crippen LogP contribution in [-0.4, -0.2) is 22.2 Å². The van der Waals surface area contributed by atoms with E-state index in [1.165, 1.54) is 38.2 Å². The molecule has 0 aromatic heterocycles. The third-order valence-electron chi connectivity index (χ3n) is 3.23. The number of carboxylic acid groups (broad SMARTS) is 2. The Kier molecular flexibility index (Phi) is 9.85. The van der Waals surface area contributed by atoms with Gasteiger partial charge in [0.1, 0.15) is 0 Å². The summed E-state index contributed by atoms with van der Waals surface area (Å²) in [5.41, 5.74) is 0. The summed E-state index contributed by atoms with van der Waals surface area (Å²) in [6, 6.07) is 0. The third-order valence-corrected chi connectivity index (χ3v) is 3.23. The molecule has 2 N–H and O–H groups in total. The summed E-state index contributed by atoms with van der Waals surface area (Å²) in [7, 11) is 0. The molecular weight excluding hydrogens is 244 g/mol. The highest BCUT2D eigenvalue weighted by atomic mass is 16.4. The minimum Gasteiger partial charge on any atom is -0.481 e. The van der Waals surface area contributed by atoms with E-state index in [0.717, 1.165) is 0 Å².